The van der Waals surface area contributed by atoms with Crippen molar-refractivity contribution in [3.8, 4) is 5.75 Å². The average molecular weight is 282 g/mol. The number of methoxy groups -OCH3 is 1. The molecule has 1 saturated heterocycles. The van der Waals surface area contributed by atoms with Crippen LogP contribution in [0.3, 0.4) is 0 Å². The van der Waals surface area contributed by atoms with Gasteiger partial charge in [-0.1, -0.05) is 6.07 Å². The minimum Gasteiger partial charge on any atom is -0.496 e. The van der Waals surface area contributed by atoms with Gasteiger partial charge in [-0.05, 0) is 26.1 Å². The molecule has 1 aromatic carbocycles. The van der Waals surface area contributed by atoms with Crippen LogP contribution < -0.4 is 10.1 Å². The lowest BCUT2D eigenvalue weighted by Crippen LogP contribution is -2.47. The molecule has 1 aromatic rings. The van der Waals surface area contributed by atoms with Gasteiger partial charge in [0.2, 0.25) is 0 Å². The summed E-state index contributed by atoms with van der Waals surface area (Å²) in [5.41, 5.74) is 0.625. The van der Waals surface area contributed by atoms with Crippen molar-refractivity contribution >= 4 is 0 Å². The Morgan fingerprint density at radius 3 is 3.05 bits per heavy atom. The maximum absolute atomic E-state index is 14.1. The van der Waals surface area contributed by atoms with E-state index in [0.29, 0.717) is 17.9 Å². The fourth-order valence-electron chi connectivity index (χ4n) is 2.73. The van der Waals surface area contributed by atoms with E-state index in [1.54, 1.807) is 19.2 Å². The van der Waals surface area contributed by atoms with E-state index < -0.39 is 0 Å². The third kappa shape index (κ3) is 3.29. The van der Waals surface area contributed by atoms with E-state index in [2.05, 4.69) is 10.2 Å². The van der Waals surface area contributed by atoms with Crippen molar-refractivity contribution in [1.82, 2.24) is 10.2 Å². The second kappa shape index (κ2) is 7.02. The van der Waals surface area contributed by atoms with Crippen LogP contribution in [-0.2, 0) is 4.74 Å². The Balaban J connectivity index is 2.16. The number of ether oxygens (including phenoxy) is 2. The zero-order valence-corrected chi connectivity index (χ0v) is 12.4. The smallest absolute Gasteiger partial charge is 0.131 e. The standard InChI is InChI=1S/C15H23FN2O2/c1-11(15-13(16)5-4-6-14(15)19-3)18-7-8-20-12(10-18)9-17-2/h4-6,11-12,17H,7-10H2,1-3H3. The van der Waals surface area contributed by atoms with Crippen LogP contribution in [-0.4, -0.2) is 51.4 Å². The monoisotopic (exact) mass is 282 g/mol. The Labute approximate surface area is 119 Å². The molecule has 5 heteroatoms. The molecule has 1 N–H and O–H groups in total. The van der Waals surface area contributed by atoms with Gasteiger partial charge in [-0.15, -0.1) is 0 Å². The van der Waals surface area contributed by atoms with Crippen LogP contribution in [0.15, 0.2) is 18.2 Å². The molecule has 20 heavy (non-hydrogen) atoms. The molecule has 0 spiro atoms. The van der Waals surface area contributed by atoms with E-state index in [1.807, 2.05) is 14.0 Å². The fraction of sp³-hybridized carbons (Fsp3) is 0.600. The average Bonchev–Trinajstić information content (AvgIpc) is 2.47. The van der Waals surface area contributed by atoms with E-state index >= 15 is 0 Å². The molecule has 4 nitrogen and oxygen atoms in total. The van der Waals surface area contributed by atoms with Crippen molar-refractivity contribution in [3.05, 3.63) is 29.6 Å². The Kier molecular flexibility index (Phi) is 5.34. The quantitative estimate of drug-likeness (QED) is 0.893. The van der Waals surface area contributed by atoms with Gasteiger partial charge < -0.3 is 14.8 Å². The van der Waals surface area contributed by atoms with Gasteiger partial charge >= 0.3 is 0 Å². The summed E-state index contributed by atoms with van der Waals surface area (Å²) in [5.74, 6) is 0.391. The summed E-state index contributed by atoms with van der Waals surface area (Å²) < 4.78 is 25.1. The number of nitrogens with one attached hydrogen (secondary N) is 1. The van der Waals surface area contributed by atoms with Crippen molar-refractivity contribution in [2.24, 2.45) is 0 Å². The molecular formula is C15H23FN2O2. The highest BCUT2D eigenvalue weighted by Crippen LogP contribution is 2.32. The summed E-state index contributed by atoms with van der Waals surface area (Å²) in [5, 5.41) is 3.12. The van der Waals surface area contributed by atoms with Crippen molar-refractivity contribution in [2.75, 3.05) is 40.4 Å². The highest BCUT2D eigenvalue weighted by atomic mass is 19.1. The number of benzene rings is 1. The van der Waals surface area contributed by atoms with E-state index in [1.165, 1.54) is 6.07 Å². The zero-order valence-electron chi connectivity index (χ0n) is 12.4. The lowest BCUT2D eigenvalue weighted by atomic mass is 10.0. The second-order valence-corrected chi connectivity index (χ2v) is 5.08. The number of rotatable bonds is 5. The summed E-state index contributed by atoms with van der Waals surface area (Å²) in [6.07, 6.45) is 0.147. The Bertz CT molecular complexity index is 440. The van der Waals surface area contributed by atoms with Gasteiger partial charge in [0.15, 0.2) is 0 Å². The maximum Gasteiger partial charge on any atom is 0.131 e. The molecule has 2 atom stereocenters. The molecule has 0 aliphatic carbocycles. The maximum atomic E-state index is 14.1. The number of hydrogen-bond donors (Lipinski definition) is 1. The molecule has 1 fully saturated rings. The SMILES string of the molecule is CNCC1CN(C(C)c2c(F)cccc2OC)CCO1. The largest absolute Gasteiger partial charge is 0.496 e. The van der Waals surface area contributed by atoms with E-state index in [4.69, 9.17) is 9.47 Å². The van der Waals surface area contributed by atoms with Crippen LogP contribution in [0.5, 0.6) is 5.75 Å². The summed E-state index contributed by atoms with van der Waals surface area (Å²) >= 11 is 0. The fourth-order valence-corrected chi connectivity index (χ4v) is 2.73. The van der Waals surface area contributed by atoms with Crippen molar-refractivity contribution in [3.63, 3.8) is 0 Å². The second-order valence-electron chi connectivity index (χ2n) is 5.08. The predicted octanol–water partition coefficient (Wildman–Crippen LogP) is 1.82. The minimum absolute atomic E-state index is 0.0330. The minimum atomic E-state index is -0.214. The number of likely N-dealkylation sites (N-methyl/N-ethyl adjacent to an activating group) is 1. The Morgan fingerprint density at radius 2 is 2.35 bits per heavy atom. The van der Waals surface area contributed by atoms with Crippen LogP contribution in [0.2, 0.25) is 0 Å². The van der Waals surface area contributed by atoms with Gasteiger partial charge in [-0.25, -0.2) is 4.39 Å². The molecule has 0 bridgehead atoms. The summed E-state index contributed by atoms with van der Waals surface area (Å²) in [6.45, 7) is 5.09. The molecule has 2 unspecified atom stereocenters. The highest BCUT2D eigenvalue weighted by molar-refractivity contribution is 5.37. The first-order chi connectivity index (χ1) is 9.67. The molecule has 0 aromatic heterocycles. The normalized spacial score (nSPS) is 21.7. The molecule has 0 radical (unpaired) electrons. The van der Waals surface area contributed by atoms with E-state index in [9.17, 15) is 4.39 Å². The highest BCUT2D eigenvalue weighted by Gasteiger charge is 2.27. The first kappa shape index (κ1) is 15.2. The van der Waals surface area contributed by atoms with Gasteiger partial charge in [0.1, 0.15) is 11.6 Å². The molecular weight excluding hydrogens is 259 g/mol. The number of halogens is 1. The number of hydrogen-bond acceptors (Lipinski definition) is 4. The van der Waals surface area contributed by atoms with Gasteiger partial charge in [-0.3, -0.25) is 4.90 Å². The third-order valence-electron chi connectivity index (χ3n) is 3.80. The van der Waals surface area contributed by atoms with Gasteiger partial charge in [0.05, 0.1) is 19.8 Å². The van der Waals surface area contributed by atoms with Crippen LogP contribution in [0.25, 0.3) is 0 Å². The van der Waals surface area contributed by atoms with Crippen LogP contribution in [0.1, 0.15) is 18.5 Å². The molecule has 112 valence electrons. The first-order valence-corrected chi connectivity index (χ1v) is 7.00. The van der Waals surface area contributed by atoms with Gasteiger partial charge in [-0.2, -0.15) is 0 Å². The Hall–Kier alpha value is -1.17. The molecule has 0 amide bonds. The summed E-state index contributed by atoms with van der Waals surface area (Å²) in [6, 6.07) is 4.93. The molecule has 1 aliphatic rings. The predicted molar refractivity (Wildman–Crippen MR) is 76.6 cm³/mol. The van der Waals surface area contributed by atoms with E-state index in [-0.39, 0.29) is 18.0 Å². The van der Waals surface area contributed by atoms with Crippen molar-refractivity contribution in [2.45, 2.75) is 19.1 Å². The third-order valence-corrected chi connectivity index (χ3v) is 3.80. The molecule has 1 aliphatic heterocycles. The zero-order chi connectivity index (χ0) is 14.5. The van der Waals surface area contributed by atoms with Crippen LogP contribution in [0.4, 0.5) is 4.39 Å². The lowest BCUT2D eigenvalue weighted by Gasteiger charge is -2.37. The molecule has 2 rings (SSSR count). The lowest BCUT2D eigenvalue weighted by molar-refractivity contribution is -0.0399. The Morgan fingerprint density at radius 1 is 1.55 bits per heavy atom. The van der Waals surface area contributed by atoms with Gasteiger partial charge in [0, 0.05) is 31.2 Å². The summed E-state index contributed by atoms with van der Waals surface area (Å²) in [4.78, 5) is 2.24. The number of morpholine rings is 1. The topological polar surface area (TPSA) is 33.7 Å². The van der Waals surface area contributed by atoms with Crippen LogP contribution >= 0.6 is 0 Å². The van der Waals surface area contributed by atoms with Crippen molar-refractivity contribution < 1.29 is 13.9 Å². The summed E-state index contributed by atoms with van der Waals surface area (Å²) in [7, 11) is 3.49. The number of nitrogens with zero attached hydrogens (tertiary/aromatic N) is 1. The molecule has 0 saturated carbocycles. The van der Waals surface area contributed by atoms with Crippen molar-refractivity contribution in [1.29, 1.82) is 0 Å². The molecule has 1 heterocycles. The first-order valence-electron chi connectivity index (χ1n) is 7.00. The van der Waals surface area contributed by atoms with Gasteiger partial charge in [0.25, 0.3) is 0 Å². The van der Waals surface area contributed by atoms with Crippen LogP contribution in [0, 0.1) is 5.82 Å². The van der Waals surface area contributed by atoms with E-state index in [0.717, 1.165) is 19.6 Å².